The van der Waals surface area contributed by atoms with Crippen LogP contribution >= 0.6 is 0 Å². The maximum atomic E-state index is 11.4. The summed E-state index contributed by atoms with van der Waals surface area (Å²) in [7, 11) is -9.69. The summed E-state index contributed by atoms with van der Waals surface area (Å²) in [5.74, 6) is 0. The first kappa shape index (κ1) is 14.6. The Kier molecular flexibility index (Phi) is 3.38. The van der Waals surface area contributed by atoms with E-state index in [2.05, 4.69) is 0 Å². The zero-order chi connectivity index (χ0) is 15.1. The Morgan fingerprint density at radius 3 is 2.05 bits per heavy atom. The number of hydrogen-bond acceptors (Lipinski definition) is 5. The number of aldehydes is 1. The summed E-state index contributed by atoms with van der Waals surface area (Å²) < 4.78 is 63.7. The van der Waals surface area contributed by atoms with Crippen LogP contribution in [0.5, 0.6) is 0 Å². The summed E-state index contributed by atoms with van der Waals surface area (Å²) in [4.78, 5) is 9.31. The van der Waals surface area contributed by atoms with Crippen LogP contribution in [0.1, 0.15) is 10.4 Å². The fourth-order valence-corrected chi connectivity index (χ4v) is 3.58. The van der Waals surface area contributed by atoms with Crippen LogP contribution in [0.2, 0.25) is 0 Å². The van der Waals surface area contributed by atoms with Gasteiger partial charge < -0.3 is 0 Å². The van der Waals surface area contributed by atoms with E-state index >= 15 is 0 Å². The van der Waals surface area contributed by atoms with E-state index in [1.807, 2.05) is 0 Å². The molecule has 0 atom stereocenters. The number of hydrogen-bond donors (Lipinski definition) is 2. The van der Waals surface area contributed by atoms with Crippen molar-refractivity contribution in [2.45, 2.75) is 9.79 Å². The predicted molar refractivity (Wildman–Crippen MR) is 69.0 cm³/mol. The molecule has 20 heavy (non-hydrogen) atoms. The standard InChI is InChI=1S/C11H8O7S2/c12-6-9-10(19(13,14)15)5-7-3-1-2-4-8(7)11(9)20(16,17)18/h1-6H,(H,13,14,15)(H,16,17,18). The van der Waals surface area contributed by atoms with Gasteiger partial charge in [-0.15, -0.1) is 0 Å². The lowest BCUT2D eigenvalue weighted by Crippen LogP contribution is -2.10. The van der Waals surface area contributed by atoms with Crippen molar-refractivity contribution in [2.75, 3.05) is 0 Å². The van der Waals surface area contributed by atoms with E-state index in [4.69, 9.17) is 4.55 Å². The minimum Gasteiger partial charge on any atom is -0.298 e. The van der Waals surface area contributed by atoms with E-state index in [1.54, 1.807) is 0 Å². The molecule has 0 aliphatic heterocycles. The van der Waals surface area contributed by atoms with Crippen LogP contribution in [0, 0.1) is 0 Å². The first-order valence-electron chi connectivity index (χ1n) is 5.12. The quantitative estimate of drug-likeness (QED) is 0.642. The summed E-state index contributed by atoms with van der Waals surface area (Å²) in [6.07, 6.45) is -0.0430. The highest BCUT2D eigenvalue weighted by atomic mass is 32.2. The van der Waals surface area contributed by atoms with Crippen LogP contribution in [0.3, 0.4) is 0 Å². The highest BCUT2D eigenvalue weighted by molar-refractivity contribution is 7.87. The molecule has 0 radical (unpaired) electrons. The molecule has 0 spiro atoms. The highest BCUT2D eigenvalue weighted by Crippen LogP contribution is 2.31. The Labute approximate surface area is 114 Å². The van der Waals surface area contributed by atoms with Crippen molar-refractivity contribution in [3.63, 3.8) is 0 Å². The Morgan fingerprint density at radius 2 is 1.55 bits per heavy atom. The molecule has 0 aliphatic carbocycles. The lowest BCUT2D eigenvalue weighted by atomic mass is 10.1. The third-order valence-corrected chi connectivity index (χ3v) is 4.51. The molecule has 0 fully saturated rings. The molecular weight excluding hydrogens is 308 g/mol. The zero-order valence-corrected chi connectivity index (χ0v) is 11.3. The molecule has 106 valence electrons. The van der Waals surface area contributed by atoms with E-state index in [0.29, 0.717) is 0 Å². The monoisotopic (exact) mass is 316 g/mol. The molecule has 0 aliphatic rings. The van der Waals surface area contributed by atoms with E-state index in [0.717, 1.165) is 6.07 Å². The summed E-state index contributed by atoms with van der Waals surface area (Å²) in [6, 6.07) is 6.61. The topological polar surface area (TPSA) is 126 Å². The van der Waals surface area contributed by atoms with Gasteiger partial charge in [-0.05, 0) is 11.5 Å². The van der Waals surface area contributed by atoms with Crippen LogP contribution in [0.15, 0.2) is 40.1 Å². The highest BCUT2D eigenvalue weighted by Gasteiger charge is 2.27. The van der Waals surface area contributed by atoms with Gasteiger partial charge >= 0.3 is 0 Å². The van der Waals surface area contributed by atoms with Crippen LogP contribution in [-0.2, 0) is 20.2 Å². The fourth-order valence-electron chi connectivity index (χ4n) is 1.91. The Balaban J connectivity index is 3.18. The molecule has 0 aromatic heterocycles. The van der Waals surface area contributed by atoms with Gasteiger partial charge in [-0.3, -0.25) is 13.9 Å². The minimum absolute atomic E-state index is 0.0236. The second-order valence-corrected chi connectivity index (χ2v) is 6.65. The second-order valence-electron chi connectivity index (χ2n) is 3.91. The molecule has 0 bridgehead atoms. The average Bonchev–Trinajstić information content (AvgIpc) is 2.34. The van der Waals surface area contributed by atoms with Gasteiger partial charge in [0.05, 0.1) is 5.56 Å². The minimum atomic E-state index is -4.86. The lowest BCUT2D eigenvalue weighted by Gasteiger charge is -2.10. The SMILES string of the molecule is O=Cc1c(S(=O)(=O)O)cc2ccccc2c1S(=O)(=O)O. The van der Waals surface area contributed by atoms with E-state index in [1.165, 1.54) is 24.3 Å². The summed E-state index contributed by atoms with van der Waals surface area (Å²) in [5, 5.41) is 0.114. The molecule has 0 unspecified atom stereocenters. The number of benzene rings is 2. The summed E-state index contributed by atoms with van der Waals surface area (Å²) in [6.45, 7) is 0. The van der Waals surface area contributed by atoms with Crippen molar-refractivity contribution < 1.29 is 30.7 Å². The smallest absolute Gasteiger partial charge is 0.295 e. The van der Waals surface area contributed by atoms with Gasteiger partial charge in [-0.25, -0.2) is 0 Å². The third-order valence-electron chi connectivity index (χ3n) is 2.66. The van der Waals surface area contributed by atoms with Gasteiger partial charge in [0, 0.05) is 5.39 Å². The molecule has 2 N–H and O–H groups in total. The number of rotatable bonds is 3. The molecule has 0 heterocycles. The molecule has 0 saturated carbocycles. The molecule has 2 aromatic carbocycles. The maximum Gasteiger partial charge on any atom is 0.295 e. The van der Waals surface area contributed by atoms with Gasteiger partial charge in [0.2, 0.25) is 0 Å². The number of carbonyl (C=O) groups excluding carboxylic acids is 1. The van der Waals surface area contributed by atoms with Gasteiger partial charge in [-0.1, -0.05) is 24.3 Å². The first-order chi connectivity index (χ1) is 9.16. The van der Waals surface area contributed by atoms with Gasteiger partial charge in [-0.2, -0.15) is 16.8 Å². The molecular formula is C11H8O7S2. The zero-order valence-electron chi connectivity index (χ0n) is 9.72. The summed E-state index contributed by atoms with van der Waals surface area (Å²) >= 11 is 0. The first-order valence-corrected chi connectivity index (χ1v) is 8.00. The number of fused-ring (bicyclic) bond motifs is 1. The molecule has 0 saturated heterocycles. The molecule has 2 rings (SSSR count). The molecule has 0 amide bonds. The Hall–Kier alpha value is -1.81. The largest absolute Gasteiger partial charge is 0.298 e. The van der Waals surface area contributed by atoms with Crippen LogP contribution in [-0.4, -0.2) is 32.2 Å². The number of carbonyl (C=O) groups is 1. The van der Waals surface area contributed by atoms with Crippen molar-refractivity contribution in [1.82, 2.24) is 0 Å². The second kappa shape index (κ2) is 4.63. The Morgan fingerprint density at radius 1 is 0.950 bits per heavy atom. The lowest BCUT2D eigenvalue weighted by molar-refractivity contribution is 0.111. The van der Waals surface area contributed by atoms with Gasteiger partial charge in [0.1, 0.15) is 9.79 Å². The van der Waals surface area contributed by atoms with Gasteiger partial charge in [0.15, 0.2) is 6.29 Å². The van der Waals surface area contributed by atoms with Crippen molar-refractivity contribution >= 4 is 37.3 Å². The summed E-state index contributed by atoms with van der Waals surface area (Å²) in [5.41, 5.74) is -0.811. The normalized spacial score (nSPS) is 12.5. The maximum absolute atomic E-state index is 11.4. The van der Waals surface area contributed by atoms with Crippen molar-refractivity contribution in [3.05, 3.63) is 35.9 Å². The third kappa shape index (κ3) is 2.43. The van der Waals surface area contributed by atoms with Gasteiger partial charge in [0.25, 0.3) is 20.2 Å². The molecule has 2 aromatic rings. The molecule has 9 heteroatoms. The fraction of sp³-hybridized carbons (Fsp3) is 0. The predicted octanol–water partition coefficient (Wildman–Crippen LogP) is 1.15. The van der Waals surface area contributed by atoms with E-state index in [-0.39, 0.29) is 17.1 Å². The Bertz CT molecular complexity index is 911. The van der Waals surface area contributed by atoms with Crippen LogP contribution in [0.4, 0.5) is 0 Å². The van der Waals surface area contributed by atoms with Crippen molar-refractivity contribution in [1.29, 1.82) is 0 Å². The average molecular weight is 316 g/mol. The van der Waals surface area contributed by atoms with Crippen LogP contribution < -0.4 is 0 Å². The van der Waals surface area contributed by atoms with Crippen molar-refractivity contribution in [3.8, 4) is 0 Å². The molecule has 7 nitrogen and oxygen atoms in total. The van der Waals surface area contributed by atoms with Crippen LogP contribution in [0.25, 0.3) is 10.8 Å². The van der Waals surface area contributed by atoms with E-state index < -0.39 is 35.6 Å². The van der Waals surface area contributed by atoms with E-state index in [9.17, 15) is 26.2 Å². The van der Waals surface area contributed by atoms with Crippen molar-refractivity contribution in [2.24, 2.45) is 0 Å².